The van der Waals surface area contributed by atoms with Crippen molar-refractivity contribution in [2.45, 2.75) is 40.0 Å². The standard InChI is InChI=1S/C11H18N2O2/c1-5-12-10(14)6-7(2)11-8(3)9(4)15-13-11/h7H,5-6H2,1-4H3,(H,12,14)/t7-/m0/s1. The van der Waals surface area contributed by atoms with Gasteiger partial charge in [-0.05, 0) is 20.8 Å². The van der Waals surface area contributed by atoms with Gasteiger partial charge in [0.2, 0.25) is 5.91 Å². The Labute approximate surface area is 90.0 Å². The molecular weight excluding hydrogens is 192 g/mol. The molecule has 84 valence electrons. The molecule has 15 heavy (non-hydrogen) atoms. The highest BCUT2D eigenvalue weighted by Crippen LogP contribution is 2.23. The lowest BCUT2D eigenvalue weighted by atomic mass is 9.99. The van der Waals surface area contributed by atoms with Crippen molar-refractivity contribution in [1.29, 1.82) is 0 Å². The Hall–Kier alpha value is -1.32. The van der Waals surface area contributed by atoms with Crippen LogP contribution in [0.2, 0.25) is 0 Å². The van der Waals surface area contributed by atoms with Crippen LogP contribution < -0.4 is 5.32 Å². The van der Waals surface area contributed by atoms with E-state index in [0.29, 0.717) is 13.0 Å². The minimum atomic E-state index is 0.0602. The summed E-state index contributed by atoms with van der Waals surface area (Å²) in [6.07, 6.45) is 0.459. The predicted molar refractivity (Wildman–Crippen MR) is 57.7 cm³/mol. The maximum Gasteiger partial charge on any atom is 0.220 e. The second kappa shape index (κ2) is 4.96. The minimum Gasteiger partial charge on any atom is -0.361 e. The summed E-state index contributed by atoms with van der Waals surface area (Å²) in [5.41, 5.74) is 1.94. The normalized spacial score (nSPS) is 12.5. The van der Waals surface area contributed by atoms with Gasteiger partial charge in [0.1, 0.15) is 5.76 Å². The molecule has 1 amide bonds. The van der Waals surface area contributed by atoms with Gasteiger partial charge in [0.05, 0.1) is 5.69 Å². The smallest absolute Gasteiger partial charge is 0.220 e. The van der Waals surface area contributed by atoms with E-state index in [1.54, 1.807) is 0 Å². The molecule has 4 heteroatoms. The van der Waals surface area contributed by atoms with Crippen molar-refractivity contribution in [2.24, 2.45) is 0 Å². The zero-order chi connectivity index (χ0) is 11.4. The van der Waals surface area contributed by atoms with E-state index < -0.39 is 0 Å². The SMILES string of the molecule is CCNC(=O)C[C@H](C)c1noc(C)c1C. The molecule has 4 nitrogen and oxygen atoms in total. The van der Waals surface area contributed by atoms with Crippen LogP contribution in [0.1, 0.15) is 43.2 Å². The van der Waals surface area contributed by atoms with Crippen LogP contribution >= 0.6 is 0 Å². The van der Waals surface area contributed by atoms with Gasteiger partial charge >= 0.3 is 0 Å². The fourth-order valence-corrected chi connectivity index (χ4v) is 1.54. The number of aryl methyl sites for hydroxylation is 1. The third-order valence-electron chi connectivity index (χ3n) is 2.53. The molecule has 1 rings (SSSR count). The summed E-state index contributed by atoms with van der Waals surface area (Å²) in [6, 6.07) is 0. The number of amides is 1. The van der Waals surface area contributed by atoms with Gasteiger partial charge in [-0.2, -0.15) is 0 Å². The molecule has 0 unspecified atom stereocenters. The highest BCUT2D eigenvalue weighted by Gasteiger charge is 2.17. The Morgan fingerprint density at radius 3 is 2.67 bits per heavy atom. The van der Waals surface area contributed by atoms with E-state index >= 15 is 0 Å². The third-order valence-corrected chi connectivity index (χ3v) is 2.53. The summed E-state index contributed by atoms with van der Waals surface area (Å²) in [7, 11) is 0. The Bertz CT molecular complexity index is 344. The summed E-state index contributed by atoms with van der Waals surface area (Å²) < 4.78 is 5.08. The largest absolute Gasteiger partial charge is 0.361 e. The average Bonchev–Trinajstić information content (AvgIpc) is 2.48. The van der Waals surface area contributed by atoms with Crippen LogP contribution in [0.5, 0.6) is 0 Å². The van der Waals surface area contributed by atoms with E-state index in [4.69, 9.17) is 4.52 Å². The first-order chi connectivity index (χ1) is 7.06. The first-order valence-electron chi connectivity index (χ1n) is 5.25. The molecule has 0 saturated carbocycles. The predicted octanol–water partition coefficient (Wildman–Crippen LogP) is 1.92. The molecule has 0 saturated heterocycles. The van der Waals surface area contributed by atoms with Gasteiger partial charge in [-0.15, -0.1) is 0 Å². The van der Waals surface area contributed by atoms with Gasteiger partial charge in [0, 0.05) is 24.4 Å². The Morgan fingerprint density at radius 1 is 1.53 bits per heavy atom. The number of nitrogens with zero attached hydrogens (tertiary/aromatic N) is 1. The number of rotatable bonds is 4. The van der Waals surface area contributed by atoms with E-state index in [2.05, 4.69) is 10.5 Å². The Balaban J connectivity index is 2.65. The highest BCUT2D eigenvalue weighted by molar-refractivity contribution is 5.76. The quantitative estimate of drug-likeness (QED) is 0.826. The van der Waals surface area contributed by atoms with Crippen LogP contribution in [0, 0.1) is 13.8 Å². The Morgan fingerprint density at radius 2 is 2.20 bits per heavy atom. The molecule has 1 N–H and O–H groups in total. The number of hydrogen-bond donors (Lipinski definition) is 1. The van der Waals surface area contributed by atoms with Crippen LogP contribution in [0.3, 0.4) is 0 Å². The molecule has 0 aliphatic carbocycles. The van der Waals surface area contributed by atoms with Crippen molar-refractivity contribution < 1.29 is 9.32 Å². The maximum atomic E-state index is 11.4. The van der Waals surface area contributed by atoms with E-state index in [-0.39, 0.29) is 11.8 Å². The second-order valence-corrected chi connectivity index (χ2v) is 3.81. The number of hydrogen-bond acceptors (Lipinski definition) is 3. The number of nitrogens with one attached hydrogen (secondary N) is 1. The zero-order valence-electron chi connectivity index (χ0n) is 9.76. The molecule has 0 bridgehead atoms. The summed E-state index contributed by atoms with van der Waals surface area (Å²) in [5, 5.41) is 6.75. The molecule has 0 aromatic carbocycles. The van der Waals surface area contributed by atoms with Gasteiger partial charge in [0.15, 0.2) is 0 Å². The fraction of sp³-hybridized carbons (Fsp3) is 0.636. The maximum absolute atomic E-state index is 11.4. The first-order valence-corrected chi connectivity index (χ1v) is 5.25. The highest BCUT2D eigenvalue weighted by atomic mass is 16.5. The van der Waals surface area contributed by atoms with Crippen molar-refractivity contribution in [3.63, 3.8) is 0 Å². The second-order valence-electron chi connectivity index (χ2n) is 3.81. The van der Waals surface area contributed by atoms with Crippen molar-refractivity contribution in [2.75, 3.05) is 6.54 Å². The molecule has 0 aliphatic rings. The van der Waals surface area contributed by atoms with Gasteiger partial charge in [-0.3, -0.25) is 4.79 Å². The zero-order valence-corrected chi connectivity index (χ0v) is 9.76. The van der Waals surface area contributed by atoms with Crippen LogP contribution in [-0.4, -0.2) is 17.6 Å². The van der Waals surface area contributed by atoms with Crippen LogP contribution in [-0.2, 0) is 4.79 Å². The molecule has 1 heterocycles. The van der Waals surface area contributed by atoms with E-state index in [0.717, 1.165) is 17.0 Å². The number of carbonyl (C=O) groups excluding carboxylic acids is 1. The first kappa shape index (κ1) is 11.8. The minimum absolute atomic E-state index is 0.0602. The molecule has 1 atom stereocenters. The van der Waals surface area contributed by atoms with Gasteiger partial charge in [-0.25, -0.2) is 0 Å². The van der Waals surface area contributed by atoms with E-state index in [1.807, 2.05) is 27.7 Å². The summed E-state index contributed by atoms with van der Waals surface area (Å²) in [6.45, 7) is 8.41. The third kappa shape index (κ3) is 2.81. The molecule has 0 fully saturated rings. The van der Waals surface area contributed by atoms with Crippen LogP contribution in [0.15, 0.2) is 4.52 Å². The van der Waals surface area contributed by atoms with Gasteiger partial charge < -0.3 is 9.84 Å². The van der Waals surface area contributed by atoms with Gasteiger partial charge in [0.25, 0.3) is 0 Å². The molecule has 1 aromatic heterocycles. The fourth-order valence-electron chi connectivity index (χ4n) is 1.54. The molecule has 0 radical (unpaired) electrons. The molecular formula is C11H18N2O2. The lowest BCUT2D eigenvalue weighted by molar-refractivity contribution is -0.121. The summed E-state index contributed by atoms with van der Waals surface area (Å²) in [5.74, 6) is 0.992. The van der Waals surface area contributed by atoms with Crippen molar-refractivity contribution >= 4 is 5.91 Å². The Kier molecular flexibility index (Phi) is 3.88. The number of aromatic nitrogens is 1. The molecule has 1 aromatic rings. The molecule has 0 aliphatic heterocycles. The average molecular weight is 210 g/mol. The van der Waals surface area contributed by atoms with E-state index in [9.17, 15) is 4.79 Å². The van der Waals surface area contributed by atoms with Crippen LogP contribution in [0.25, 0.3) is 0 Å². The summed E-state index contributed by atoms with van der Waals surface area (Å²) in [4.78, 5) is 11.4. The van der Waals surface area contributed by atoms with Gasteiger partial charge in [-0.1, -0.05) is 12.1 Å². The van der Waals surface area contributed by atoms with Crippen molar-refractivity contribution in [3.05, 3.63) is 17.0 Å². The molecule has 0 spiro atoms. The van der Waals surface area contributed by atoms with Crippen molar-refractivity contribution in [3.8, 4) is 0 Å². The van der Waals surface area contributed by atoms with Crippen LogP contribution in [0.4, 0.5) is 0 Å². The topological polar surface area (TPSA) is 55.1 Å². The van der Waals surface area contributed by atoms with E-state index in [1.165, 1.54) is 0 Å². The monoisotopic (exact) mass is 210 g/mol. The van der Waals surface area contributed by atoms with Crippen molar-refractivity contribution in [1.82, 2.24) is 10.5 Å². The lowest BCUT2D eigenvalue weighted by Gasteiger charge is -2.08. The summed E-state index contributed by atoms with van der Waals surface area (Å²) >= 11 is 0. The number of carbonyl (C=O) groups is 1. The lowest BCUT2D eigenvalue weighted by Crippen LogP contribution is -2.24.